The van der Waals surface area contributed by atoms with Crippen molar-refractivity contribution < 1.29 is 81.6 Å². The van der Waals surface area contributed by atoms with Crippen LogP contribution < -0.4 is 58.2 Å². The van der Waals surface area contributed by atoms with Crippen molar-refractivity contribution in [2.75, 3.05) is 11.2 Å². The van der Waals surface area contributed by atoms with Gasteiger partial charge in [-0.15, -0.1) is 68.0 Å². The summed E-state index contributed by atoms with van der Waals surface area (Å²) in [5.41, 5.74) is 44.4. The third-order valence-corrected chi connectivity index (χ3v) is 25.4. The Morgan fingerprint density at radius 1 is 0.547 bits per heavy atom. The van der Waals surface area contributed by atoms with E-state index in [1.54, 1.807) is 81.3 Å². The molecule has 1 unspecified atom stereocenters. The van der Waals surface area contributed by atoms with Crippen molar-refractivity contribution >= 4 is 219 Å². The summed E-state index contributed by atoms with van der Waals surface area (Å²) in [6.07, 6.45) is 20.1. The van der Waals surface area contributed by atoms with Crippen molar-refractivity contribution in [3.05, 3.63) is 187 Å². The van der Waals surface area contributed by atoms with Gasteiger partial charge in [-0.25, -0.2) is 29.9 Å². The molecule has 0 radical (unpaired) electrons. The minimum atomic E-state index is -1.08. The molecule has 5 aliphatic carbocycles. The van der Waals surface area contributed by atoms with Gasteiger partial charge in [0.1, 0.15) is 17.2 Å². The van der Waals surface area contributed by atoms with Gasteiger partial charge in [0.25, 0.3) is 0 Å². The number of thiazole rings is 6. The van der Waals surface area contributed by atoms with Crippen LogP contribution in [-0.4, -0.2) is 100 Å². The molecule has 5 aliphatic rings. The van der Waals surface area contributed by atoms with Gasteiger partial charge in [0, 0.05) is 98.1 Å². The molecule has 10 aromatic heterocycles. The number of halogens is 1. The minimum absolute atomic E-state index is 0. The smallest absolute Gasteiger partial charge is 1.00 e. The number of nitrogens with one attached hydrogen (secondary N) is 5. The first-order valence-corrected chi connectivity index (χ1v) is 43.1. The van der Waals surface area contributed by atoms with E-state index < -0.39 is 5.97 Å². The fraction of sp³-hybridized carbons (Fsp3) is 0.282. The van der Waals surface area contributed by atoms with E-state index in [4.69, 9.17) is 26.1 Å². The van der Waals surface area contributed by atoms with Gasteiger partial charge in [0.2, 0.25) is 5.39 Å². The van der Waals surface area contributed by atoms with Crippen molar-refractivity contribution in [1.82, 2.24) is 55.1 Å². The summed E-state index contributed by atoms with van der Waals surface area (Å²) in [5, 5.41) is 41.6. The van der Waals surface area contributed by atoms with E-state index >= 15 is 0 Å². The number of aromatic nitrogens is 11. The maximum absolute atomic E-state index is 12.1. The second-order valence-corrected chi connectivity index (χ2v) is 33.7. The molecule has 2 fully saturated rings. The summed E-state index contributed by atoms with van der Waals surface area (Å²) in [4.78, 5) is 94.8. The number of nitrogens with zero attached hydrogens (tertiary/aromatic N) is 10. The van der Waals surface area contributed by atoms with E-state index in [9.17, 15) is 19.2 Å². The number of benzene rings is 6. The molecule has 10 heterocycles. The van der Waals surface area contributed by atoms with Gasteiger partial charge in [-0.05, 0) is 218 Å². The van der Waals surface area contributed by atoms with Gasteiger partial charge in [0.15, 0.2) is 22.3 Å². The number of ketones is 4. The largest absolute Gasteiger partial charge is 1.00 e. The Morgan fingerprint density at radius 3 is 1.56 bits per heavy atom. The van der Waals surface area contributed by atoms with Crippen molar-refractivity contribution in [2.45, 2.75) is 149 Å². The molecule has 0 amide bonds. The van der Waals surface area contributed by atoms with Gasteiger partial charge < -0.3 is 53.6 Å². The first kappa shape index (κ1) is 87.7. The molecule has 6 aromatic carbocycles. The number of hydrogen-bond acceptors (Lipinski definition) is 24. The van der Waals surface area contributed by atoms with Gasteiger partial charge in [-0.1, -0.05) is 19.4 Å². The Hall–Kier alpha value is -10.1. The number of nitrogen functional groups attached to an aromatic ring is 1. The zero-order chi connectivity index (χ0) is 79.4. The number of Topliss-reactive ketones (excluding diaryl/α,β-unsaturated/α-hetero) is 4. The summed E-state index contributed by atoms with van der Waals surface area (Å²) in [6.45, 7) is 8.96. The number of carbonyl (C=O) groups is 5. The molecule has 0 aliphatic heterocycles. The van der Waals surface area contributed by atoms with E-state index in [2.05, 4.69) is 120 Å². The van der Waals surface area contributed by atoms with E-state index in [1.165, 1.54) is 87.2 Å². The molecular weight excluding hydrogens is 1620 g/mol. The second kappa shape index (κ2) is 40.8. The van der Waals surface area contributed by atoms with E-state index in [0.717, 1.165) is 208 Å². The number of hydrazone groups is 1. The number of aromatic amines is 4. The Balaban J connectivity index is 0.000000135. The van der Waals surface area contributed by atoms with Crippen LogP contribution in [0.3, 0.4) is 0 Å². The number of aliphatic hydroxyl groups is 1. The summed E-state index contributed by atoms with van der Waals surface area (Å²) in [6, 6.07) is 30.0. The number of carboxylic acids is 1. The van der Waals surface area contributed by atoms with Gasteiger partial charge in [-0.3, -0.25) is 29.7 Å². The average molecular weight is 1710 g/mol. The number of fused-ring (bicyclic) bond motifs is 17. The van der Waals surface area contributed by atoms with Crippen LogP contribution in [0, 0.1) is 18.2 Å². The Labute approximate surface area is 724 Å². The van der Waals surface area contributed by atoms with Crippen LogP contribution in [0.2, 0.25) is 0 Å². The van der Waals surface area contributed by atoms with E-state index in [-0.39, 0.29) is 76.5 Å². The summed E-state index contributed by atoms with van der Waals surface area (Å²) >= 11 is 9.72. The van der Waals surface area contributed by atoms with Crippen molar-refractivity contribution in [3.8, 4) is 11.4 Å². The summed E-state index contributed by atoms with van der Waals surface area (Å²) in [5.74, 6) is -0.341. The fourth-order valence-electron chi connectivity index (χ4n) is 14.9. The normalized spacial score (nSPS) is 15.6. The third kappa shape index (κ3) is 20.9. The predicted molar refractivity (Wildman–Crippen MR) is 467 cm³/mol. The number of allylic oxidation sites excluding steroid dienone is 2. The first-order chi connectivity index (χ1) is 55.4. The van der Waals surface area contributed by atoms with E-state index in [1.807, 2.05) is 70.0 Å². The van der Waals surface area contributed by atoms with Crippen LogP contribution in [0.15, 0.2) is 148 Å². The number of anilines is 2. The molecule has 2 saturated carbocycles. The van der Waals surface area contributed by atoms with Crippen molar-refractivity contribution in [3.63, 3.8) is 0 Å². The Morgan fingerprint density at radius 2 is 0.983 bits per heavy atom. The van der Waals surface area contributed by atoms with Crippen molar-refractivity contribution in [2.24, 2.45) is 11.0 Å². The molecule has 0 spiro atoms. The van der Waals surface area contributed by atoms with Crippen LogP contribution in [0.5, 0.6) is 0 Å². The molecule has 596 valence electrons. The zero-order valence-electron chi connectivity index (χ0n) is 64.9. The van der Waals surface area contributed by atoms with Crippen LogP contribution >= 0.6 is 68.0 Å². The summed E-state index contributed by atoms with van der Waals surface area (Å²) in [7, 11) is 0. The third-order valence-electron chi connectivity index (χ3n) is 20.7. The molecule has 24 nitrogen and oxygen atoms in total. The van der Waals surface area contributed by atoms with Gasteiger partial charge in [0.05, 0.1) is 124 Å². The predicted octanol–water partition coefficient (Wildman–Crippen LogP) is 14.1. The average Bonchev–Trinajstić information content (AvgIpc) is 1.61. The number of rotatable bonds is 3. The zero-order valence-corrected chi connectivity index (χ0v) is 72.6. The number of hydrogen-bond donors (Lipinski definition) is 7. The Bertz CT molecular complexity index is 6380. The number of aliphatic hydroxyl groups excluding tert-OH is 1. The summed E-state index contributed by atoms with van der Waals surface area (Å²) < 4.78 is 6.91. The molecule has 0 bridgehead atoms. The molecular formula is C85H84ClN16NaO8S6. The maximum atomic E-state index is 12.1. The van der Waals surface area contributed by atoms with Crippen molar-refractivity contribution in [1.29, 1.82) is 5.39 Å². The molecule has 10 N–H and O–H groups in total. The molecule has 1 atom stereocenters. The van der Waals surface area contributed by atoms with E-state index in [0.29, 0.717) is 36.2 Å². The standard InChI is InChI=1S/C17H16N2OS.C16H14N4S.C14H15N3OS.C14H12N2OS.C8H12O2.C7H4N3S.C7H6N2S.C2H4O2.ClH.Na.H2O/c1-9-11(10(2)20)4-3-5-12-13-6-15-16(21-8-18-15)7-14(13)19-17(9)12;1-8-9-3-2-4-10-11-5-13-14(21-7-17-13)6-12(11)18-15(10)16(9)20-19-8;18-13-5-3-1-2-4-11(13)17-16-10-6-7-12-14(8-10)19-9-15-12;17-12-4-2-1-3-8-9-5-11-13(18-7-15-11)6-10(9)16-14(8)12;9-6-7-4-2-1-3-5-8(7)10;8-10-5-1-2-6-7(3-5)11-4-9-6;8-5-1-2-6-7(3-5)10-4-9-6;1-2(3)4;;;/h6-8,11,19H,1,3-5H2,2H3;5-7,18H,2-4H2,1H3,(H,19,20);6-9,16H,1-5H2;5-7,16H,1-4H2;6,9H,1-5H2;1-4H;1-4H,8H2;1H3,(H,3,4);1H;;1H2/q;;;;;+1;;;;+1;/p-2/b;;17-11+;;7-6+;;;;;;. The topological polar surface area (TPSA) is 392 Å². The number of carbonyl (C=O) groups excluding carboxylic acids is 5. The molecule has 21 rings (SSSR count). The molecule has 117 heavy (non-hydrogen) atoms. The minimum Gasteiger partial charge on any atom is -1.00 e. The van der Waals surface area contributed by atoms with Crippen LogP contribution in [0.25, 0.3) is 116 Å². The number of carboxylic acid groups (broad SMARTS) is 1. The number of nitrogens with two attached hydrogens (primary N) is 1. The number of aliphatic carboxylic acids is 1. The molecule has 16 aromatic rings. The maximum Gasteiger partial charge on any atom is 1.00 e. The molecule has 32 heteroatoms. The number of aryl methyl sites for hydroxylation is 4. The first-order valence-electron chi connectivity index (χ1n) is 37.9. The monoisotopic (exact) mass is 1710 g/mol. The quantitative estimate of drug-likeness (QED) is 0.0126. The van der Waals surface area contributed by atoms with Gasteiger partial charge in [-0.2, -0.15) is 10.2 Å². The van der Waals surface area contributed by atoms with Crippen LogP contribution in [-0.2, 0) is 44.9 Å². The SMILES string of the molecule is C=C1c2[nH]c3cc4scnc4cc3c2CCCC1C(C)=O.CC(=O)[O-].Cc1[nH]nc2c1CCCc1c-2[nH]c2cc3scnc3cc12.N#[N+]c1ccc2ncsc2c1.Nc1ccc2ncsc2c1.O.O=C1CCCCC/C1=C\O.O=C1CCCCC/C1=N\Nc1ccc2ncsc2c1.O=C1CCCCc2c1[nH]c1cc3scnc3cc21.[Cl-].[Na+]. The second-order valence-electron chi connectivity index (χ2n) is 28.3. The number of H-pyrrole nitrogens is 4. The van der Waals surface area contributed by atoms with Gasteiger partial charge >= 0.3 is 35.2 Å². The van der Waals surface area contributed by atoms with Crippen LogP contribution in [0.1, 0.15) is 161 Å². The fourth-order valence-corrected chi connectivity index (χ4v) is 19.1. The molecule has 0 saturated heterocycles. The Kier molecular flexibility index (Phi) is 30.6. The number of diazo groups is 1. The van der Waals surface area contributed by atoms with Crippen LogP contribution in [0.4, 0.5) is 17.1 Å².